The number of nitrogens with zero attached hydrogens (tertiary/aromatic N) is 4. The van der Waals surface area contributed by atoms with Crippen molar-refractivity contribution in [3.63, 3.8) is 0 Å². The van der Waals surface area contributed by atoms with Gasteiger partial charge in [0.25, 0.3) is 0 Å². The monoisotopic (exact) mass is 260 g/mol. The third-order valence-electron chi connectivity index (χ3n) is 2.65. The molecule has 0 atom stereocenters. The van der Waals surface area contributed by atoms with E-state index in [0.29, 0.717) is 0 Å². The summed E-state index contributed by atoms with van der Waals surface area (Å²) in [5.41, 5.74) is 0.878. The number of ether oxygens (including phenoxy) is 2. The van der Waals surface area contributed by atoms with Crippen LogP contribution in [-0.2, 0) is 0 Å². The first-order valence-electron chi connectivity index (χ1n) is 5.80. The molecule has 6 heteroatoms. The van der Waals surface area contributed by atoms with Crippen LogP contribution in [0, 0.1) is 13.8 Å². The normalized spacial score (nSPS) is 10.9. The molecule has 0 unspecified atom stereocenters. The first-order chi connectivity index (χ1) is 9.13. The molecule has 100 valence electrons. The molecule has 0 saturated heterocycles. The Kier molecular flexibility index (Phi) is 3.79. The highest BCUT2D eigenvalue weighted by molar-refractivity contribution is 5.81. The van der Waals surface area contributed by atoms with Gasteiger partial charge in [-0.25, -0.2) is 4.68 Å². The van der Waals surface area contributed by atoms with Gasteiger partial charge in [0, 0.05) is 11.6 Å². The van der Waals surface area contributed by atoms with E-state index in [1.807, 2.05) is 32.0 Å². The maximum Gasteiger partial charge on any atom is 0.151 e. The molecule has 0 aliphatic heterocycles. The van der Waals surface area contributed by atoms with Crippen molar-refractivity contribution < 1.29 is 9.47 Å². The number of rotatable bonds is 4. The van der Waals surface area contributed by atoms with Gasteiger partial charge in [-0.15, -0.1) is 10.2 Å². The summed E-state index contributed by atoms with van der Waals surface area (Å²) < 4.78 is 12.1. The largest absolute Gasteiger partial charge is 0.497 e. The molecule has 1 aromatic heterocycles. The first-order valence-corrected chi connectivity index (χ1v) is 5.80. The van der Waals surface area contributed by atoms with E-state index in [9.17, 15) is 0 Å². The van der Waals surface area contributed by atoms with Crippen LogP contribution in [0.5, 0.6) is 11.5 Å². The van der Waals surface area contributed by atoms with Crippen molar-refractivity contribution in [2.75, 3.05) is 14.2 Å². The number of hydrogen-bond acceptors (Lipinski definition) is 5. The summed E-state index contributed by atoms with van der Waals surface area (Å²) in [5, 5.41) is 12.2. The maximum atomic E-state index is 5.21. The average molecular weight is 260 g/mol. The van der Waals surface area contributed by atoms with Gasteiger partial charge in [-0.1, -0.05) is 0 Å². The Hall–Kier alpha value is -2.37. The third kappa shape index (κ3) is 2.90. The molecule has 0 aliphatic carbocycles. The lowest BCUT2D eigenvalue weighted by Gasteiger charge is -2.05. The highest BCUT2D eigenvalue weighted by Gasteiger charge is 2.03. The van der Waals surface area contributed by atoms with Crippen LogP contribution in [0.25, 0.3) is 0 Å². The van der Waals surface area contributed by atoms with Crippen LogP contribution in [0.4, 0.5) is 0 Å². The number of benzene rings is 1. The lowest BCUT2D eigenvalue weighted by molar-refractivity contribution is 0.394. The summed E-state index contributed by atoms with van der Waals surface area (Å²) in [6.07, 6.45) is 1.72. The number of aromatic nitrogens is 3. The van der Waals surface area contributed by atoms with E-state index in [1.165, 1.54) is 0 Å². The summed E-state index contributed by atoms with van der Waals surface area (Å²) >= 11 is 0. The van der Waals surface area contributed by atoms with Gasteiger partial charge in [-0.05, 0) is 26.0 Å². The Balaban J connectivity index is 2.32. The number of hydrogen-bond donors (Lipinski definition) is 0. The van der Waals surface area contributed by atoms with Crippen LogP contribution in [-0.4, -0.2) is 35.3 Å². The van der Waals surface area contributed by atoms with Gasteiger partial charge < -0.3 is 9.47 Å². The molecule has 0 amide bonds. The first kappa shape index (κ1) is 13.1. The van der Waals surface area contributed by atoms with Crippen LogP contribution < -0.4 is 9.47 Å². The maximum absolute atomic E-state index is 5.21. The van der Waals surface area contributed by atoms with Crippen LogP contribution >= 0.6 is 0 Å². The van der Waals surface area contributed by atoms with Gasteiger partial charge in [0.2, 0.25) is 0 Å². The van der Waals surface area contributed by atoms with Crippen molar-refractivity contribution in [1.29, 1.82) is 0 Å². The number of methoxy groups -OCH3 is 2. The van der Waals surface area contributed by atoms with Crippen LogP contribution in [0.1, 0.15) is 17.2 Å². The quantitative estimate of drug-likeness (QED) is 0.786. The molecule has 0 radical (unpaired) electrons. The molecule has 0 fully saturated rings. The fourth-order valence-corrected chi connectivity index (χ4v) is 1.66. The number of aryl methyl sites for hydroxylation is 2. The zero-order valence-electron chi connectivity index (χ0n) is 11.4. The van der Waals surface area contributed by atoms with E-state index in [4.69, 9.17) is 9.47 Å². The molecule has 2 aromatic rings. The van der Waals surface area contributed by atoms with Gasteiger partial charge in [-0.3, -0.25) is 0 Å². The second-order valence-electron chi connectivity index (χ2n) is 4.00. The fraction of sp³-hybridized carbons (Fsp3) is 0.308. The van der Waals surface area contributed by atoms with Gasteiger partial charge in [0.1, 0.15) is 11.5 Å². The molecule has 6 nitrogen and oxygen atoms in total. The zero-order chi connectivity index (χ0) is 13.8. The van der Waals surface area contributed by atoms with Crippen molar-refractivity contribution in [3.05, 3.63) is 35.4 Å². The highest BCUT2D eigenvalue weighted by Crippen LogP contribution is 2.21. The minimum atomic E-state index is 0.720. The van der Waals surface area contributed by atoms with Gasteiger partial charge in [-0.2, -0.15) is 5.10 Å². The van der Waals surface area contributed by atoms with E-state index in [0.717, 1.165) is 28.7 Å². The van der Waals surface area contributed by atoms with E-state index < -0.39 is 0 Å². The fourth-order valence-electron chi connectivity index (χ4n) is 1.66. The molecule has 2 rings (SSSR count). The summed E-state index contributed by atoms with van der Waals surface area (Å²) in [7, 11) is 3.23. The molecule has 0 aliphatic rings. The van der Waals surface area contributed by atoms with E-state index >= 15 is 0 Å². The van der Waals surface area contributed by atoms with E-state index in [-0.39, 0.29) is 0 Å². The second kappa shape index (κ2) is 5.51. The molecule has 1 aromatic carbocycles. The minimum absolute atomic E-state index is 0.720. The summed E-state index contributed by atoms with van der Waals surface area (Å²) in [6.45, 7) is 3.70. The minimum Gasteiger partial charge on any atom is -0.497 e. The average Bonchev–Trinajstić information content (AvgIpc) is 2.75. The van der Waals surface area contributed by atoms with E-state index in [1.54, 1.807) is 25.1 Å². The lowest BCUT2D eigenvalue weighted by atomic mass is 10.2. The molecule has 0 bridgehead atoms. The Morgan fingerprint density at radius 2 is 1.53 bits per heavy atom. The molecule has 0 spiro atoms. The van der Waals surface area contributed by atoms with Gasteiger partial charge >= 0.3 is 0 Å². The van der Waals surface area contributed by atoms with Crippen molar-refractivity contribution in [2.24, 2.45) is 5.10 Å². The third-order valence-corrected chi connectivity index (χ3v) is 2.65. The predicted molar refractivity (Wildman–Crippen MR) is 72.0 cm³/mol. The summed E-state index contributed by atoms with van der Waals surface area (Å²) in [4.78, 5) is 0. The standard InChI is InChI=1S/C13H16N4O2/c1-9-15-16-10(2)17(9)14-8-11-5-12(18-3)7-13(6-11)19-4/h5-8H,1-4H3. The second-order valence-corrected chi connectivity index (χ2v) is 4.00. The van der Waals surface area contributed by atoms with Crippen molar-refractivity contribution in [3.8, 4) is 11.5 Å². The van der Waals surface area contributed by atoms with Crippen LogP contribution in [0.15, 0.2) is 23.3 Å². The molecular weight excluding hydrogens is 244 g/mol. The van der Waals surface area contributed by atoms with Crippen molar-refractivity contribution in [1.82, 2.24) is 14.9 Å². The van der Waals surface area contributed by atoms with Gasteiger partial charge in [0.15, 0.2) is 11.6 Å². The topological polar surface area (TPSA) is 61.5 Å². The molecule has 0 N–H and O–H groups in total. The lowest BCUT2D eigenvalue weighted by Crippen LogP contribution is -1.97. The van der Waals surface area contributed by atoms with E-state index in [2.05, 4.69) is 15.3 Å². The van der Waals surface area contributed by atoms with Crippen molar-refractivity contribution >= 4 is 6.21 Å². The molecular formula is C13H16N4O2. The summed E-state index contributed by atoms with van der Waals surface area (Å²) in [6, 6.07) is 5.56. The Bertz CT molecular complexity index is 563. The highest BCUT2D eigenvalue weighted by atomic mass is 16.5. The Morgan fingerprint density at radius 1 is 1.00 bits per heavy atom. The molecule has 19 heavy (non-hydrogen) atoms. The van der Waals surface area contributed by atoms with Crippen LogP contribution in [0.3, 0.4) is 0 Å². The predicted octanol–water partition coefficient (Wildman–Crippen LogP) is 1.79. The Labute approximate surface area is 111 Å². The summed E-state index contributed by atoms with van der Waals surface area (Å²) in [5.74, 6) is 2.92. The molecule has 1 heterocycles. The van der Waals surface area contributed by atoms with Crippen LogP contribution in [0.2, 0.25) is 0 Å². The zero-order valence-corrected chi connectivity index (χ0v) is 11.4. The smallest absolute Gasteiger partial charge is 0.151 e. The van der Waals surface area contributed by atoms with Gasteiger partial charge in [0.05, 0.1) is 20.4 Å². The SMILES string of the molecule is COc1cc(C=Nn2c(C)nnc2C)cc(OC)c1. The van der Waals surface area contributed by atoms with Crippen molar-refractivity contribution in [2.45, 2.75) is 13.8 Å². The Morgan fingerprint density at radius 3 is 2.00 bits per heavy atom. The molecule has 0 saturated carbocycles.